The van der Waals surface area contributed by atoms with Gasteiger partial charge in [0.05, 0.1) is 0 Å². The number of halogens is 1. The highest BCUT2D eigenvalue weighted by atomic mass is 19.1. The summed E-state index contributed by atoms with van der Waals surface area (Å²) in [5.74, 6) is 0.979. The Hall–Kier alpha value is -1.87. The average Bonchev–Trinajstić information content (AvgIpc) is 2.42. The van der Waals surface area contributed by atoms with Crippen LogP contribution in [-0.4, -0.2) is 6.54 Å². The molecule has 0 saturated carbocycles. The van der Waals surface area contributed by atoms with E-state index in [4.69, 9.17) is 4.74 Å². The van der Waals surface area contributed by atoms with Crippen LogP contribution in [0.15, 0.2) is 42.5 Å². The fourth-order valence-electron chi connectivity index (χ4n) is 1.72. The van der Waals surface area contributed by atoms with Gasteiger partial charge in [0, 0.05) is 12.6 Å². The van der Waals surface area contributed by atoms with E-state index < -0.39 is 0 Å². The molecule has 0 aliphatic carbocycles. The molecule has 2 aromatic carbocycles. The first-order valence-corrected chi connectivity index (χ1v) is 6.42. The van der Waals surface area contributed by atoms with Gasteiger partial charge in [0.15, 0.2) is 0 Å². The van der Waals surface area contributed by atoms with Gasteiger partial charge in [-0.3, -0.25) is 0 Å². The predicted molar refractivity (Wildman–Crippen MR) is 75.0 cm³/mol. The number of ether oxygens (including phenoxy) is 1. The van der Waals surface area contributed by atoms with E-state index in [9.17, 15) is 4.39 Å². The van der Waals surface area contributed by atoms with Crippen LogP contribution in [0.2, 0.25) is 0 Å². The first kappa shape index (κ1) is 13.6. The standard InChI is InChI=1S/C16H18FNO/c1-3-18-11-13-5-8-14(9-6-13)19-15-7-4-12(2)16(17)10-15/h4-10,18H,3,11H2,1-2H3. The molecule has 0 radical (unpaired) electrons. The van der Waals surface area contributed by atoms with Crippen molar-refractivity contribution >= 4 is 0 Å². The zero-order chi connectivity index (χ0) is 13.7. The molecule has 1 N–H and O–H groups in total. The molecule has 0 aliphatic rings. The maximum absolute atomic E-state index is 13.4. The molecule has 19 heavy (non-hydrogen) atoms. The van der Waals surface area contributed by atoms with Crippen LogP contribution >= 0.6 is 0 Å². The molecule has 0 spiro atoms. The SMILES string of the molecule is CCNCc1ccc(Oc2ccc(C)c(F)c2)cc1. The summed E-state index contributed by atoms with van der Waals surface area (Å²) in [4.78, 5) is 0. The van der Waals surface area contributed by atoms with E-state index in [2.05, 4.69) is 12.2 Å². The monoisotopic (exact) mass is 259 g/mol. The van der Waals surface area contributed by atoms with Gasteiger partial charge in [0.1, 0.15) is 17.3 Å². The van der Waals surface area contributed by atoms with E-state index in [0.29, 0.717) is 17.1 Å². The molecule has 2 rings (SSSR count). The van der Waals surface area contributed by atoms with Gasteiger partial charge in [-0.1, -0.05) is 25.1 Å². The minimum atomic E-state index is -0.249. The average molecular weight is 259 g/mol. The molecule has 0 unspecified atom stereocenters. The Kier molecular flexibility index (Phi) is 4.53. The molecular weight excluding hydrogens is 241 g/mol. The Morgan fingerprint density at radius 2 is 1.74 bits per heavy atom. The predicted octanol–water partition coefficient (Wildman–Crippen LogP) is 4.04. The molecule has 0 bridgehead atoms. The summed E-state index contributed by atoms with van der Waals surface area (Å²) in [5, 5.41) is 3.26. The quantitative estimate of drug-likeness (QED) is 0.875. The molecule has 2 nitrogen and oxygen atoms in total. The van der Waals surface area contributed by atoms with Crippen LogP contribution in [0.25, 0.3) is 0 Å². The van der Waals surface area contributed by atoms with Gasteiger partial charge in [-0.2, -0.15) is 0 Å². The van der Waals surface area contributed by atoms with E-state index in [1.807, 2.05) is 24.3 Å². The summed E-state index contributed by atoms with van der Waals surface area (Å²) >= 11 is 0. The fraction of sp³-hybridized carbons (Fsp3) is 0.250. The summed E-state index contributed by atoms with van der Waals surface area (Å²) in [6.45, 7) is 5.59. The number of benzene rings is 2. The van der Waals surface area contributed by atoms with Crippen LogP contribution in [0.5, 0.6) is 11.5 Å². The van der Waals surface area contributed by atoms with Crippen LogP contribution in [0.1, 0.15) is 18.1 Å². The summed E-state index contributed by atoms with van der Waals surface area (Å²) in [6.07, 6.45) is 0. The number of aryl methyl sites for hydroxylation is 1. The minimum Gasteiger partial charge on any atom is -0.457 e. The maximum atomic E-state index is 13.4. The first-order chi connectivity index (χ1) is 9.19. The molecule has 0 amide bonds. The molecule has 0 aliphatic heterocycles. The summed E-state index contributed by atoms with van der Waals surface area (Å²) in [6, 6.07) is 12.7. The second kappa shape index (κ2) is 6.34. The van der Waals surface area contributed by atoms with Crippen LogP contribution < -0.4 is 10.1 Å². The van der Waals surface area contributed by atoms with Gasteiger partial charge in [-0.25, -0.2) is 4.39 Å². The van der Waals surface area contributed by atoms with Crippen molar-refractivity contribution in [1.29, 1.82) is 0 Å². The van der Waals surface area contributed by atoms with Crippen molar-refractivity contribution in [1.82, 2.24) is 5.32 Å². The lowest BCUT2D eigenvalue weighted by atomic mass is 10.2. The molecule has 0 atom stereocenters. The number of nitrogens with one attached hydrogen (secondary N) is 1. The van der Waals surface area contributed by atoms with E-state index in [-0.39, 0.29) is 5.82 Å². The lowest BCUT2D eigenvalue weighted by Crippen LogP contribution is -2.11. The van der Waals surface area contributed by atoms with Crippen molar-refractivity contribution in [2.24, 2.45) is 0 Å². The number of rotatable bonds is 5. The lowest BCUT2D eigenvalue weighted by Gasteiger charge is -2.08. The van der Waals surface area contributed by atoms with Gasteiger partial charge in [-0.05, 0) is 42.8 Å². The van der Waals surface area contributed by atoms with Crippen LogP contribution in [0.3, 0.4) is 0 Å². The van der Waals surface area contributed by atoms with Crippen molar-refractivity contribution in [2.45, 2.75) is 20.4 Å². The van der Waals surface area contributed by atoms with E-state index in [0.717, 1.165) is 13.1 Å². The number of hydrogen-bond donors (Lipinski definition) is 1. The van der Waals surface area contributed by atoms with Crippen LogP contribution in [-0.2, 0) is 6.54 Å². The highest BCUT2D eigenvalue weighted by Gasteiger charge is 2.02. The molecule has 2 aromatic rings. The molecular formula is C16H18FNO. The van der Waals surface area contributed by atoms with Gasteiger partial charge in [-0.15, -0.1) is 0 Å². The third-order valence-electron chi connectivity index (χ3n) is 2.88. The summed E-state index contributed by atoms with van der Waals surface area (Å²) in [7, 11) is 0. The smallest absolute Gasteiger partial charge is 0.130 e. The molecule has 0 fully saturated rings. The van der Waals surface area contributed by atoms with Crippen molar-refractivity contribution in [3.05, 3.63) is 59.4 Å². The normalized spacial score (nSPS) is 10.5. The Labute approximate surface area is 113 Å². The zero-order valence-corrected chi connectivity index (χ0v) is 11.2. The van der Waals surface area contributed by atoms with Crippen LogP contribution in [0.4, 0.5) is 4.39 Å². The van der Waals surface area contributed by atoms with Crippen molar-refractivity contribution in [3.63, 3.8) is 0 Å². The zero-order valence-electron chi connectivity index (χ0n) is 11.2. The van der Waals surface area contributed by atoms with Gasteiger partial charge >= 0.3 is 0 Å². The molecule has 0 saturated heterocycles. The second-order valence-electron chi connectivity index (χ2n) is 4.44. The molecule has 0 aromatic heterocycles. The Bertz CT molecular complexity index is 537. The van der Waals surface area contributed by atoms with Crippen LogP contribution in [0, 0.1) is 12.7 Å². The topological polar surface area (TPSA) is 21.3 Å². The maximum Gasteiger partial charge on any atom is 0.130 e. The third-order valence-corrected chi connectivity index (χ3v) is 2.88. The fourth-order valence-corrected chi connectivity index (χ4v) is 1.72. The highest BCUT2D eigenvalue weighted by molar-refractivity contribution is 5.34. The summed E-state index contributed by atoms with van der Waals surface area (Å²) in [5.41, 5.74) is 1.82. The summed E-state index contributed by atoms with van der Waals surface area (Å²) < 4.78 is 19.0. The lowest BCUT2D eigenvalue weighted by molar-refractivity contribution is 0.475. The van der Waals surface area contributed by atoms with Crippen molar-refractivity contribution in [3.8, 4) is 11.5 Å². The second-order valence-corrected chi connectivity index (χ2v) is 4.44. The highest BCUT2D eigenvalue weighted by Crippen LogP contribution is 2.23. The van der Waals surface area contributed by atoms with E-state index >= 15 is 0 Å². The molecule has 3 heteroatoms. The first-order valence-electron chi connectivity index (χ1n) is 6.42. The molecule has 0 heterocycles. The minimum absolute atomic E-state index is 0.249. The van der Waals surface area contributed by atoms with E-state index in [1.165, 1.54) is 11.6 Å². The Morgan fingerprint density at radius 1 is 1.05 bits per heavy atom. The van der Waals surface area contributed by atoms with E-state index in [1.54, 1.807) is 19.1 Å². The number of hydrogen-bond acceptors (Lipinski definition) is 2. The van der Waals surface area contributed by atoms with Crippen molar-refractivity contribution in [2.75, 3.05) is 6.54 Å². The molecule has 100 valence electrons. The van der Waals surface area contributed by atoms with Gasteiger partial charge < -0.3 is 10.1 Å². The Balaban J connectivity index is 2.04. The van der Waals surface area contributed by atoms with Gasteiger partial charge in [0.2, 0.25) is 0 Å². The third kappa shape index (κ3) is 3.80. The Morgan fingerprint density at radius 3 is 2.37 bits per heavy atom. The van der Waals surface area contributed by atoms with Crippen molar-refractivity contribution < 1.29 is 9.13 Å². The largest absolute Gasteiger partial charge is 0.457 e. The van der Waals surface area contributed by atoms with Gasteiger partial charge in [0.25, 0.3) is 0 Å².